The molecular weight excluding hydrogens is 538 g/mol. The second kappa shape index (κ2) is 11.5. The lowest BCUT2D eigenvalue weighted by molar-refractivity contribution is 0.0237. The van der Waals surface area contributed by atoms with Gasteiger partial charge in [0.15, 0.2) is 0 Å². The molecule has 1 aromatic heterocycles. The minimum absolute atomic E-state index is 0.0739. The van der Waals surface area contributed by atoms with Gasteiger partial charge in [0.05, 0.1) is 25.2 Å². The lowest BCUT2D eigenvalue weighted by Gasteiger charge is -2.31. The predicted octanol–water partition coefficient (Wildman–Crippen LogP) is 5.11. The second-order valence-corrected chi connectivity index (χ2v) is 11.8. The van der Waals surface area contributed by atoms with Crippen molar-refractivity contribution in [1.82, 2.24) is 14.4 Å². The van der Waals surface area contributed by atoms with E-state index in [4.69, 9.17) is 14.2 Å². The third kappa shape index (κ3) is 5.85. The van der Waals surface area contributed by atoms with Gasteiger partial charge < -0.3 is 28.8 Å². The summed E-state index contributed by atoms with van der Waals surface area (Å²) < 4.78 is 18.8. The number of aromatic nitrogens is 1. The number of benzene rings is 2. The van der Waals surface area contributed by atoms with Crippen molar-refractivity contribution in [3.8, 4) is 11.1 Å². The van der Waals surface area contributed by atoms with Gasteiger partial charge in [-0.3, -0.25) is 4.90 Å². The Bertz CT molecular complexity index is 1450. The van der Waals surface area contributed by atoms with E-state index in [0.717, 1.165) is 22.3 Å². The Labute approximate surface area is 245 Å². The van der Waals surface area contributed by atoms with E-state index in [0.29, 0.717) is 5.56 Å². The van der Waals surface area contributed by atoms with Crippen molar-refractivity contribution in [3.05, 3.63) is 83.2 Å². The van der Waals surface area contributed by atoms with Gasteiger partial charge >= 0.3 is 18.2 Å². The Balaban J connectivity index is 1.41. The van der Waals surface area contributed by atoms with Crippen molar-refractivity contribution < 1.29 is 33.7 Å². The first kappa shape index (κ1) is 29.2. The van der Waals surface area contributed by atoms with E-state index in [1.807, 2.05) is 24.3 Å². The number of hydrogen-bond acceptors (Lipinski definition) is 6. The van der Waals surface area contributed by atoms with E-state index < -0.39 is 35.9 Å². The molecule has 0 radical (unpaired) electrons. The molecule has 2 amide bonds. The van der Waals surface area contributed by atoms with Crippen LogP contribution >= 0.6 is 0 Å². The van der Waals surface area contributed by atoms with Crippen LogP contribution < -0.4 is 0 Å². The minimum Gasteiger partial charge on any atom is -0.477 e. The molecule has 0 unspecified atom stereocenters. The standard InChI is InChI=1S/C32H37N3O7/c1-32(2,3)42-30(38)34-17-27(28(18-34)40-5)35(16-20-14-26(29(36)37)33(4)15-20)31(39)41-19-25-23-12-8-6-10-21(23)22-11-7-9-13-24(22)25/h6-15,25,27-28H,16-19H2,1-5H3,(H,36,37)/t27-,28-/m0/s1. The van der Waals surface area contributed by atoms with Gasteiger partial charge in [0, 0.05) is 32.8 Å². The Morgan fingerprint density at radius 3 is 2.17 bits per heavy atom. The maximum atomic E-state index is 13.9. The molecular formula is C32H37N3O7. The molecule has 2 aromatic carbocycles. The van der Waals surface area contributed by atoms with E-state index in [-0.39, 0.29) is 37.9 Å². The summed E-state index contributed by atoms with van der Waals surface area (Å²) in [6.45, 7) is 6.00. The first-order valence-electron chi connectivity index (χ1n) is 14.0. The second-order valence-electron chi connectivity index (χ2n) is 11.8. The Morgan fingerprint density at radius 2 is 1.62 bits per heavy atom. The van der Waals surface area contributed by atoms with Crippen molar-refractivity contribution in [1.29, 1.82) is 0 Å². The molecule has 1 fully saturated rings. The zero-order valence-corrected chi connectivity index (χ0v) is 24.6. The number of methoxy groups -OCH3 is 1. The smallest absolute Gasteiger partial charge is 0.410 e. The molecule has 1 N–H and O–H groups in total. The number of nitrogens with zero attached hydrogens (tertiary/aromatic N) is 3. The molecule has 2 heterocycles. The average Bonchev–Trinajstić information content (AvgIpc) is 3.63. The van der Waals surface area contributed by atoms with Gasteiger partial charge in [-0.25, -0.2) is 14.4 Å². The zero-order chi connectivity index (χ0) is 30.2. The topological polar surface area (TPSA) is 111 Å². The maximum Gasteiger partial charge on any atom is 0.410 e. The average molecular weight is 576 g/mol. The molecule has 1 aliphatic heterocycles. The van der Waals surface area contributed by atoms with Gasteiger partial charge in [0.25, 0.3) is 0 Å². The highest BCUT2D eigenvalue weighted by Crippen LogP contribution is 2.44. The highest BCUT2D eigenvalue weighted by molar-refractivity contribution is 5.86. The Kier molecular flexibility index (Phi) is 8.01. The largest absolute Gasteiger partial charge is 0.477 e. The summed E-state index contributed by atoms with van der Waals surface area (Å²) in [5, 5.41) is 9.56. The fraction of sp³-hybridized carbons (Fsp3) is 0.406. The van der Waals surface area contributed by atoms with E-state index in [9.17, 15) is 19.5 Å². The molecule has 1 saturated heterocycles. The number of likely N-dealkylation sites (tertiary alicyclic amines) is 1. The van der Waals surface area contributed by atoms with Crippen LogP contribution in [-0.2, 0) is 27.8 Å². The van der Waals surface area contributed by atoms with Gasteiger partial charge in [0.1, 0.15) is 17.9 Å². The van der Waals surface area contributed by atoms with Gasteiger partial charge in [-0.2, -0.15) is 0 Å². The Morgan fingerprint density at radius 1 is 1.00 bits per heavy atom. The van der Waals surface area contributed by atoms with E-state index in [1.54, 1.807) is 34.0 Å². The Hall–Kier alpha value is -4.31. The molecule has 2 aliphatic rings. The fourth-order valence-corrected chi connectivity index (χ4v) is 5.89. The number of carboxylic acid groups (broad SMARTS) is 1. The lowest BCUT2D eigenvalue weighted by atomic mass is 9.98. The first-order chi connectivity index (χ1) is 20.0. The third-order valence-electron chi connectivity index (χ3n) is 7.80. The van der Waals surface area contributed by atoms with Crippen LogP contribution in [0.1, 0.15) is 53.9 Å². The van der Waals surface area contributed by atoms with E-state index in [2.05, 4.69) is 24.3 Å². The molecule has 0 saturated carbocycles. The number of carbonyl (C=O) groups is 3. The summed E-state index contributed by atoms with van der Waals surface area (Å²) in [6, 6.07) is 17.2. The highest BCUT2D eigenvalue weighted by atomic mass is 16.6. The van der Waals surface area contributed by atoms with Gasteiger partial charge in [-0.05, 0) is 54.7 Å². The number of aromatic carboxylic acids is 1. The number of ether oxygens (including phenoxy) is 3. The van der Waals surface area contributed by atoms with Gasteiger partial charge in [-0.1, -0.05) is 48.5 Å². The van der Waals surface area contributed by atoms with Crippen LogP contribution in [0.3, 0.4) is 0 Å². The number of rotatable bonds is 7. The number of amides is 2. The van der Waals surface area contributed by atoms with Crippen LogP contribution in [0.4, 0.5) is 9.59 Å². The molecule has 42 heavy (non-hydrogen) atoms. The van der Waals surface area contributed by atoms with Crippen LogP contribution in [-0.4, -0.2) is 82.2 Å². The van der Waals surface area contributed by atoms with E-state index >= 15 is 0 Å². The third-order valence-corrected chi connectivity index (χ3v) is 7.80. The fourth-order valence-electron chi connectivity index (χ4n) is 5.89. The summed E-state index contributed by atoms with van der Waals surface area (Å²) in [5.41, 5.74) is 4.48. The summed E-state index contributed by atoms with van der Waals surface area (Å²) in [5.74, 6) is -1.19. The monoisotopic (exact) mass is 575 g/mol. The molecule has 0 bridgehead atoms. The van der Waals surface area contributed by atoms with Crippen LogP contribution in [0.2, 0.25) is 0 Å². The van der Waals surface area contributed by atoms with Crippen LogP contribution in [0, 0.1) is 0 Å². The van der Waals surface area contributed by atoms with Crippen molar-refractivity contribution in [2.75, 3.05) is 26.8 Å². The number of aryl methyl sites for hydroxylation is 1. The summed E-state index contributed by atoms with van der Waals surface area (Å²) in [7, 11) is 3.18. The number of carbonyl (C=O) groups excluding carboxylic acids is 2. The molecule has 3 aromatic rings. The highest BCUT2D eigenvalue weighted by Gasteiger charge is 2.43. The SMILES string of the molecule is CO[C@H]1CN(C(=O)OC(C)(C)C)C[C@@H]1N(Cc1cc(C(=O)O)n(C)c1)C(=O)OCC1c2ccccc2-c2ccccc21. The van der Waals surface area contributed by atoms with Gasteiger partial charge in [0.2, 0.25) is 0 Å². The first-order valence-corrected chi connectivity index (χ1v) is 14.0. The summed E-state index contributed by atoms with van der Waals surface area (Å²) >= 11 is 0. The quantitative estimate of drug-likeness (QED) is 0.417. The van der Waals surface area contributed by atoms with Crippen LogP contribution in [0.15, 0.2) is 60.8 Å². The van der Waals surface area contributed by atoms with Crippen molar-refractivity contribution in [3.63, 3.8) is 0 Å². The maximum absolute atomic E-state index is 13.9. The van der Waals surface area contributed by atoms with Crippen molar-refractivity contribution in [2.45, 2.75) is 51.0 Å². The molecule has 222 valence electrons. The minimum atomic E-state index is -1.07. The molecule has 0 spiro atoms. The molecule has 10 heteroatoms. The number of fused-ring (bicyclic) bond motifs is 3. The molecule has 2 atom stereocenters. The summed E-state index contributed by atoms with van der Waals surface area (Å²) in [4.78, 5) is 41.6. The number of hydrogen-bond donors (Lipinski definition) is 1. The predicted molar refractivity (Wildman–Crippen MR) is 155 cm³/mol. The van der Waals surface area contributed by atoms with Crippen molar-refractivity contribution in [2.24, 2.45) is 7.05 Å². The van der Waals surface area contributed by atoms with E-state index in [1.165, 1.54) is 27.5 Å². The summed E-state index contributed by atoms with van der Waals surface area (Å²) in [6.07, 6.45) is 0.110. The lowest BCUT2D eigenvalue weighted by Crippen LogP contribution is -2.47. The van der Waals surface area contributed by atoms with Crippen molar-refractivity contribution >= 4 is 18.2 Å². The normalized spacial score (nSPS) is 18.0. The molecule has 10 nitrogen and oxygen atoms in total. The molecule has 1 aliphatic carbocycles. The molecule has 5 rings (SSSR count). The number of carboxylic acids is 1. The zero-order valence-electron chi connectivity index (χ0n) is 24.6. The van der Waals surface area contributed by atoms with Gasteiger partial charge in [-0.15, -0.1) is 0 Å². The van der Waals surface area contributed by atoms with Crippen LogP contribution in [0.5, 0.6) is 0 Å². The van der Waals surface area contributed by atoms with Crippen LogP contribution in [0.25, 0.3) is 11.1 Å².